The van der Waals surface area contributed by atoms with Gasteiger partial charge in [-0.05, 0) is 0 Å². The summed E-state index contributed by atoms with van der Waals surface area (Å²) in [6.07, 6.45) is 0. The summed E-state index contributed by atoms with van der Waals surface area (Å²) in [5.74, 6) is 0. The molecule has 0 aliphatic rings. The third-order valence-corrected chi connectivity index (χ3v) is 18.7. The van der Waals surface area contributed by atoms with E-state index < -0.39 is 21.6 Å². The molecule has 0 saturated carbocycles. The van der Waals surface area contributed by atoms with Crippen molar-refractivity contribution in [1.82, 2.24) is 0 Å². The number of rotatable bonds is 2. The van der Waals surface area contributed by atoms with Crippen LogP contribution in [0, 0.1) is 0 Å². The van der Waals surface area contributed by atoms with E-state index in [-0.39, 0.29) is 0 Å². The Balaban J connectivity index is 3.75. The van der Waals surface area contributed by atoms with Crippen LogP contribution in [-0.4, -0.2) is 21.6 Å². The van der Waals surface area contributed by atoms with Crippen molar-refractivity contribution in [3.05, 3.63) is 0 Å². The summed E-state index contributed by atoms with van der Waals surface area (Å²) < 4.78 is 4.59. The van der Waals surface area contributed by atoms with Gasteiger partial charge in [0.25, 0.3) is 0 Å². The maximum absolute atomic E-state index is 5.31. The average molecular weight is 374 g/mol. The summed E-state index contributed by atoms with van der Waals surface area (Å²) in [4.78, 5) is 0. The van der Waals surface area contributed by atoms with Gasteiger partial charge in [0.05, 0.1) is 0 Å². The monoisotopic (exact) mass is 374 g/mol. The predicted octanol–water partition coefficient (Wildman–Crippen LogP) is 3.31. The van der Waals surface area contributed by atoms with E-state index in [1.807, 2.05) is 0 Å². The van der Waals surface area contributed by atoms with Gasteiger partial charge in [-0.15, -0.1) is 0 Å². The zero-order valence-electron chi connectivity index (χ0n) is 3.68. The van der Waals surface area contributed by atoms with E-state index in [0.29, 0.717) is 0 Å². The molecule has 0 saturated heterocycles. The van der Waals surface area contributed by atoms with E-state index in [2.05, 4.69) is 2.79 Å². The molecule has 0 radical (unpaired) electrons. The Kier molecular flexibility index (Phi) is 5.43. The summed E-state index contributed by atoms with van der Waals surface area (Å²) in [6.45, 7) is 0. The van der Waals surface area contributed by atoms with Gasteiger partial charge in [0.15, 0.2) is 0 Å². The first kappa shape index (κ1) is 11.8. The van der Waals surface area contributed by atoms with Gasteiger partial charge in [-0.2, -0.15) is 0 Å². The fourth-order valence-electron chi connectivity index (χ4n) is 0.131. The van der Waals surface area contributed by atoms with Crippen molar-refractivity contribution in [2.75, 3.05) is 0 Å². The van der Waals surface area contributed by atoms with Crippen molar-refractivity contribution in [3.63, 3.8) is 0 Å². The second-order valence-corrected chi connectivity index (χ2v) is 30.0. The maximum atomic E-state index is 5.31. The van der Waals surface area contributed by atoms with Gasteiger partial charge in [-0.3, -0.25) is 0 Å². The van der Waals surface area contributed by atoms with E-state index in [1.165, 1.54) is 0 Å². The quantitative estimate of drug-likeness (QED) is 0.675. The second-order valence-electron chi connectivity index (χ2n) is 0.994. The average Bonchev–Trinajstić information content (AvgIpc) is 1.14. The molecule has 0 aromatic heterocycles. The van der Waals surface area contributed by atoms with Gasteiger partial charge in [0.2, 0.25) is 0 Å². The standard InChI is InChI=1S/Cl6Ge2O/c1-7(2,3)9-8(4,5)6. The van der Waals surface area contributed by atoms with Gasteiger partial charge < -0.3 is 0 Å². The summed E-state index contributed by atoms with van der Waals surface area (Å²) in [6, 6.07) is 0. The van der Waals surface area contributed by atoms with Crippen LogP contribution in [0.2, 0.25) is 0 Å². The molecule has 1 nitrogen and oxygen atoms in total. The molecule has 56 valence electrons. The number of hydrogen-bond donors (Lipinski definition) is 0. The predicted molar refractivity (Wildman–Crippen MR) is 47.7 cm³/mol. The number of hydrogen-bond acceptors (Lipinski definition) is 1. The van der Waals surface area contributed by atoms with Gasteiger partial charge in [0.1, 0.15) is 0 Å². The Hall–Kier alpha value is 2.79. The summed E-state index contributed by atoms with van der Waals surface area (Å²) in [5, 5.41) is 0. The van der Waals surface area contributed by atoms with Crippen molar-refractivity contribution in [2.24, 2.45) is 0 Å². The van der Waals surface area contributed by atoms with Crippen molar-refractivity contribution in [3.8, 4) is 0 Å². The Labute approximate surface area is 83.3 Å². The minimum absolute atomic E-state index is 3.64. The van der Waals surface area contributed by atoms with Crippen LogP contribution in [0.25, 0.3) is 0 Å². The van der Waals surface area contributed by atoms with Gasteiger partial charge >= 0.3 is 84.5 Å². The van der Waals surface area contributed by atoms with Crippen molar-refractivity contribution in [1.29, 1.82) is 0 Å². The molecule has 0 amide bonds. The Morgan fingerprint density at radius 3 is 0.889 bits per heavy atom. The van der Waals surface area contributed by atoms with E-state index in [0.717, 1.165) is 0 Å². The SMILES string of the molecule is [Cl][Ge]([Cl])([Cl])[O][Ge]([Cl])([Cl])[Cl]. The molecule has 0 aromatic carbocycles. The first-order chi connectivity index (χ1) is 3.71. The second kappa shape index (κ2) is 4.14. The first-order valence-electron chi connectivity index (χ1n) is 1.54. The summed E-state index contributed by atoms with van der Waals surface area (Å²) in [7, 11) is 24.6. The van der Waals surface area contributed by atoms with Crippen LogP contribution in [-0.2, 0) is 2.79 Å². The molecule has 0 fully saturated rings. The molecule has 0 unspecified atom stereocenters. The van der Waals surface area contributed by atoms with Crippen molar-refractivity contribution in [2.45, 2.75) is 0 Å². The Morgan fingerprint density at radius 1 is 0.667 bits per heavy atom. The molecule has 0 spiro atoms. The fourth-order valence-corrected chi connectivity index (χ4v) is 31.9. The molecular formula is Cl6Ge2O. The minimum atomic E-state index is -3.64. The molecule has 0 heterocycles. The van der Waals surface area contributed by atoms with Crippen molar-refractivity contribution < 1.29 is 2.79 Å². The van der Waals surface area contributed by atoms with Gasteiger partial charge in [0, 0.05) is 0 Å². The van der Waals surface area contributed by atoms with E-state index in [9.17, 15) is 0 Å². The third kappa shape index (κ3) is 10.8. The van der Waals surface area contributed by atoms with Crippen LogP contribution in [0.3, 0.4) is 0 Å². The molecule has 0 bridgehead atoms. The zero-order chi connectivity index (χ0) is 7.71. The van der Waals surface area contributed by atoms with Crippen LogP contribution in [0.5, 0.6) is 0 Å². The molecule has 9 heteroatoms. The normalized spacial score (nSPS) is 14.0. The van der Waals surface area contributed by atoms with Crippen molar-refractivity contribution >= 4 is 81.7 Å². The van der Waals surface area contributed by atoms with E-state index >= 15 is 0 Å². The molecule has 9 heavy (non-hydrogen) atoms. The van der Waals surface area contributed by atoms with E-state index in [4.69, 9.17) is 60.1 Å². The first-order valence-corrected chi connectivity index (χ1v) is 19.8. The van der Waals surface area contributed by atoms with Gasteiger partial charge in [-0.25, -0.2) is 0 Å². The fraction of sp³-hybridized carbons (Fsp3) is 0. The Morgan fingerprint density at radius 2 is 0.889 bits per heavy atom. The van der Waals surface area contributed by atoms with Crippen LogP contribution in [0.4, 0.5) is 0 Å². The summed E-state index contributed by atoms with van der Waals surface area (Å²) in [5.41, 5.74) is 0. The number of halogens is 6. The molecule has 0 N–H and O–H groups in total. The molecular weight excluding hydrogens is 374 g/mol. The third-order valence-electron chi connectivity index (χ3n) is 0.231. The van der Waals surface area contributed by atoms with Crippen LogP contribution in [0.15, 0.2) is 0 Å². The zero-order valence-corrected chi connectivity index (χ0v) is 12.4. The van der Waals surface area contributed by atoms with Crippen LogP contribution >= 0.6 is 60.1 Å². The van der Waals surface area contributed by atoms with E-state index in [1.54, 1.807) is 0 Å². The topological polar surface area (TPSA) is 9.23 Å². The molecule has 0 atom stereocenters. The molecule has 0 rings (SSSR count). The summed E-state index contributed by atoms with van der Waals surface area (Å²) >= 11 is 0. The Bertz CT molecular complexity index is 76.2. The van der Waals surface area contributed by atoms with Crippen LogP contribution in [0.1, 0.15) is 0 Å². The molecule has 0 aliphatic carbocycles. The molecule has 0 aromatic rings. The van der Waals surface area contributed by atoms with Crippen LogP contribution < -0.4 is 0 Å². The molecule has 0 aliphatic heterocycles. The van der Waals surface area contributed by atoms with Gasteiger partial charge in [-0.1, -0.05) is 0 Å².